The molecule has 1 fully saturated rings. The van der Waals surface area contributed by atoms with E-state index in [9.17, 15) is 78.0 Å². The van der Waals surface area contributed by atoms with Crippen molar-refractivity contribution < 1.29 is 116 Å². The highest BCUT2D eigenvalue weighted by molar-refractivity contribution is 6.04. The number of aliphatic hydroxyl groups is 2. The van der Waals surface area contributed by atoms with Gasteiger partial charge in [-0.3, -0.25) is 57.5 Å². The first-order chi connectivity index (χ1) is 48.4. The zero-order valence-corrected chi connectivity index (χ0v) is 58.2. The second-order valence-electron chi connectivity index (χ2n) is 25.1. The van der Waals surface area contributed by atoms with Crippen molar-refractivity contribution in [1.29, 1.82) is 0 Å². The Hall–Kier alpha value is -11.7. The van der Waals surface area contributed by atoms with Gasteiger partial charge in [-0.25, -0.2) is 29.6 Å². The van der Waals surface area contributed by atoms with Crippen molar-refractivity contribution in [3.8, 4) is 23.0 Å². The minimum absolute atomic E-state index is 0.137. The van der Waals surface area contributed by atoms with Gasteiger partial charge in [0.1, 0.15) is 60.5 Å². The predicted molar refractivity (Wildman–Crippen MR) is 355 cm³/mol. The molecule has 38 nitrogen and oxygen atoms in total. The van der Waals surface area contributed by atoms with Crippen LogP contribution in [0.3, 0.4) is 0 Å². The fourth-order valence-corrected chi connectivity index (χ4v) is 11.1. The van der Waals surface area contributed by atoms with Gasteiger partial charge in [0.05, 0.1) is 62.6 Å². The third kappa shape index (κ3) is 19.0. The Balaban J connectivity index is 1.27. The Bertz CT molecular complexity index is 4080. The van der Waals surface area contributed by atoms with E-state index in [1.807, 2.05) is 0 Å². The maximum Gasteiger partial charge on any atom is 0.331 e. The molecule has 38 heteroatoms. The lowest BCUT2D eigenvalue weighted by Crippen LogP contribution is -2.62. The summed E-state index contributed by atoms with van der Waals surface area (Å²) in [6, 6.07) is -1.29. The van der Waals surface area contributed by atoms with Gasteiger partial charge >= 0.3 is 23.9 Å². The number of cyclic esters (lactones) is 2. The number of carbonyl (C=O) groups is 14. The minimum Gasteiger partial charge on any atom is -0.505 e. The fraction of sp³-hybridized carbons (Fsp3) is 0.477. The van der Waals surface area contributed by atoms with Gasteiger partial charge < -0.3 is 89.7 Å². The number of nitrogens with one attached hydrogen (secondary N) is 4. The smallest absolute Gasteiger partial charge is 0.331 e. The molecule has 0 radical (unpaired) electrons. The van der Waals surface area contributed by atoms with Crippen LogP contribution in [0, 0.1) is 0 Å². The van der Waals surface area contributed by atoms with Crippen molar-refractivity contribution in [2.75, 3.05) is 81.8 Å². The summed E-state index contributed by atoms with van der Waals surface area (Å²) in [4.78, 5) is 210. The van der Waals surface area contributed by atoms with Crippen LogP contribution < -0.4 is 30.7 Å². The third-order valence-corrected chi connectivity index (χ3v) is 16.4. The molecule has 7 rings (SSSR count). The number of esters is 4. The van der Waals surface area contributed by atoms with E-state index in [1.54, 1.807) is 0 Å². The van der Waals surface area contributed by atoms with E-state index in [4.69, 9.17) is 28.4 Å². The average molecular weight is 1440 g/mol. The molecular weight excluding hydrogens is 1360 g/mol. The first-order valence-corrected chi connectivity index (χ1v) is 31.8. The average Bonchev–Trinajstić information content (AvgIpc) is 0.812. The molecule has 0 spiro atoms. The number of hydrogen-bond donors (Lipinski definition) is 8. The van der Waals surface area contributed by atoms with Crippen molar-refractivity contribution in [3.05, 3.63) is 59.9 Å². The van der Waals surface area contributed by atoms with E-state index < -0.39 is 205 Å². The Morgan fingerprint density at radius 3 is 1.31 bits per heavy atom. The summed E-state index contributed by atoms with van der Waals surface area (Å²) in [6.45, 7) is 0.473. The van der Waals surface area contributed by atoms with Gasteiger partial charge in [0.15, 0.2) is 35.6 Å². The maximum atomic E-state index is 15.1. The molecule has 8 unspecified atom stereocenters. The number of aromatic hydroxyl groups is 2. The summed E-state index contributed by atoms with van der Waals surface area (Å²) in [5.41, 5.74) is -5.60. The zero-order chi connectivity index (χ0) is 76.3. The highest BCUT2D eigenvalue weighted by Crippen LogP contribution is 2.30. The maximum absolute atomic E-state index is 15.1. The highest BCUT2D eigenvalue weighted by atomic mass is 16.6. The van der Waals surface area contributed by atoms with Gasteiger partial charge in [0, 0.05) is 77.6 Å². The molecule has 0 aliphatic carbocycles. The number of nitrogens with zero attached hydrogens (tertiary/aromatic N) is 10. The number of fused-ring (bicyclic) bond motifs is 4. The number of methoxy groups -OCH3 is 2. The molecule has 3 aliphatic heterocycles. The van der Waals surface area contributed by atoms with Crippen molar-refractivity contribution in [2.24, 2.45) is 10.2 Å². The van der Waals surface area contributed by atoms with Crippen LogP contribution in [-0.4, -0.2) is 297 Å². The molecule has 2 aromatic carbocycles. The SMILES string of the molecule is CCC(=O)OC1CC=NN2C(=O)C(NC(=O)c3nc4ccc(OC)cc4cc3O)COC(=O)C(C(C)(C)O)N(C)C(=O)CN(C)C(=O)CNC(=O)C3C(OC(C)=O)CC=NN3C(=O)C(NC(=O)c3nc4ccc(OC)cc4cc3O)COC(=O)C(C(C)(C)O)N(C)C(=O)CN(C)C(=O)CNC(=O)C12. The van der Waals surface area contributed by atoms with E-state index in [-0.39, 0.29) is 30.3 Å². The molecule has 0 saturated carbocycles. The number of pyridine rings is 2. The lowest BCUT2D eigenvalue weighted by Gasteiger charge is -2.37. The standard InChI is InChI=1S/C65H80N14O24/c1-13-49(87)103-44-19-21-69-79-53(44)59(91)67-27-46(84)75(8)29-48(86)77(10)54(64(3,4)96)62(94)100-30-39(72-56(88)50-41(81)24-33-22-35(98-11)14-16-37(33)70-50)60(92)78-52(43(18-20-68-78)102-32(2)80)58(90)66-26-45(83)74(7)28-47(85)76(9)55(65(5,6)97)63(95)101-31-40(61(79)93)73-57(89)51-42(82)25-34-23-36(99-12)15-17-38(34)71-51/h14-17,20-25,39-40,43-44,52-55,81-82,96-97H,13,18-19,26-31H2,1-12H3,(H,66,90)(H,67,91)(H,72,88)(H,73,89). The minimum atomic E-state index is -2.25. The summed E-state index contributed by atoms with van der Waals surface area (Å²) < 4.78 is 32.7. The largest absolute Gasteiger partial charge is 0.505 e. The molecule has 554 valence electrons. The molecule has 2 aromatic heterocycles. The quantitative estimate of drug-likeness (QED) is 0.0547. The molecule has 0 bridgehead atoms. The monoisotopic (exact) mass is 1440 g/mol. The van der Waals surface area contributed by atoms with E-state index in [0.29, 0.717) is 42.1 Å². The predicted octanol–water partition coefficient (Wildman–Crippen LogP) is -3.02. The Morgan fingerprint density at radius 2 is 0.961 bits per heavy atom. The number of ether oxygens (including phenoxy) is 6. The number of likely N-dealkylation sites (N-methyl/N-ethyl adjacent to an activating group) is 4. The number of benzene rings is 2. The molecule has 1 saturated heterocycles. The number of hydrogen-bond acceptors (Lipinski definition) is 28. The summed E-state index contributed by atoms with van der Waals surface area (Å²) >= 11 is 0. The van der Waals surface area contributed by atoms with Crippen LogP contribution in [0.25, 0.3) is 21.8 Å². The first-order valence-electron chi connectivity index (χ1n) is 31.8. The second-order valence-corrected chi connectivity index (χ2v) is 25.1. The lowest BCUT2D eigenvalue weighted by molar-refractivity contribution is -0.167. The van der Waals surface area contributed by atoms with E-state index >= 15 is 9.59 Å². The molecule has 4 aromatic rings. The van der Waals surface area contributed by atoms with Crippen LogP contribution >= 0.6 is 0 Å². The molecular formula is C65H80N14O24. The number of rotatable bonds is 11. The van der Waals surface area contributed by atoms with Gasteiger partial charge in [-0.1, -0.05) is 6.92 Å². The van der Waals surface area contributed by atoms with Crippen LogP contribution in [-0.2, 0) is 76.5 Å². The highest BCUT2D eigenvalue weighted by Gasteiger charge is 2.49. The van der Waals surface area contributed by atoms with Crippen LogP contribution in [0.15, 0.2) is 58.7 Å². The van der Waals surface area contributed by atoms with Gasteiger partial charge in [0.2, 0.25) is 35.4 Å². The summed E-state index contributed by atoms with van der Waals surface area (Å²) in [6.07, 6.45) is -2.05. The first kappa shape index (κ1) is 78.6. The second kappa shape index (κ2) is 33.2. The number of carbonyl (C=O) groups excluding carboxylic acids is 14. The van der Waals surface area contributed by atoms with Crippen molar-refractivity contribution in [1.82, 2.24) is 60.9 Å². The summed E-state index contributed by atoms with van der Waals surface area (Å²) in [5.74, 6) is -17.6. The fourth-order valence-electron chi connectivity index (χ4n) is 11.1. The molecule has 8 atom stereocenters. The van der Waals surface area contributed by atoms with Gasteiger partial charge in [-0.2, -0.15) is 10.2 Å². The summed E-state index contributed by atoms with van der Waals surface area (Å²) in [7, 11) is 7.01. The number of hydrazone groups is 2. The molecule has 10 amide bonds. The van der Waals surface area contributed by atoms with E-state index in [1.165, 1.54) is 57.5 Å². The molecule has 103 heavy (non-hydrogen) atoms. The van der Waals surface area contributed by atoms with E-state index in [0.717, 1.165) is 97.2 Å². The number of aromatic nitrogens is 2. The molecule has 8 N–H and O–H groups in total. The topological polar surface area (TPSA) is 493 Å². The van der Waals surface area contributed by atoms with Crippen LogP contribution in [0.1, 0.15) is 81.8 Å². The normalized spacial score (nSPS) is 22.5. The van der Waals surface area contributed by atoms with Crippen molar-refractivity contribution in [2.45, 2.75) is 120 Å². The van der Waals surface area contributed by atoms with Gasteiger partial charge in [0.25, 0.3) is 23.6 Å². The van der Waals surface area contributed by atoms with Crippen LogP contribution in [0.2, 0.25) is 0 Å². The summed E-state index contributed by atoms with van der Waals surface area (Å²) in [5, 5.41) is 64.2. The van der Waals surface area contributed by atoms with Crippen molar-refractivity contribution in [3.63, 3.8) is 0 Å². The number of amides is 10. The Morgan fingerprint density at radius 1 is 0.583 bits per heavy atom. The van der Waals surface area contributed by atoms with Crippen LogP contribution in [0.4, 0.5) is 0 Å². The van der Waals surface area contributed by atoms with Gasteiger partial charge in [-0.05, 0) is 76.2 Å². The Kier molecular flexibility index (Phi) is 25.3. The zero-order valence-electron chi connectivity index (χ0n) is 58.2. The lowest BCUT2D eigenvalue weighted by atomic mass is 9.97. The third-order valence-electron chi connectivity index (χ3n) is 16.4. The van der Waals surface area contributed by atoms with Gasteiger partial charge in [-0.15, -0.1) is 0 Å². The van der Waals surface area contributed by atoms with Crippen molar-refractivity contribution >= 4 is 117 Å². The van der Waals surface area contributed by atoms with E-state index in [2.05, 4.69) is 41.4 Å². The molecule has 5 heterocycles. The molecule has 3 aliphatic rings. The van der Waals surface area contributed by atoms with Crippen LogP contribution in [0.5, 0.6) is 23.0 Å². The Labute approximate surface area is 587 Å².